The number of anilines is 1. The van der Waals surface area contributed by atoms with Crippen molar-refractivity contribution >= 4 is 33.2 Å². The van der Waals surface area contributed by atoms with Crippen LogP contribution in [0.15, 0.2) is 36.4 Å². The van der Waals surface area contributed by atoms with Gasteiger partial charge >= 0.3 is 0 Å². The predicted molar refractivity (Wildman–Crippen MR) is 108 cm³/mol. The van der Waals surface area contributed by atoms with Crippen molar-refractivity contribution in [3.05, 3.63) is 56.9 Å². The Labute approximate surface area is 161 Å². The largest absolute Gasteiger partial charge is 0.758 e. The maximum absolute atomic E-state index is 13.0. The van der Waals surface area contributed by atoms with Gasteiger partial charge < -0.3 is 24.9 Å². The minimum atomic E-state index is -0.535. The second-order valence-corrected chi connectivity index (χ2v) is 7.00. The molecule has 1 aromatic heterocycles. The van der Waals surface area contributed by atoms with Crippen molar-refractivity contribution in [1.82, 2.24) is 4.98 Å². The molecule has 0 aliphatic carbocycles. The molecular formula is C19H21N4O5-. The van der Waals surface area contributed by atoms with Gasteiger partial charge in [0.15, 0.2) is 0 Å². The molecule has 0 aliphatic heterocycles. The lowest BCUT2D eigenvalue weighted by molar-refractivity contribution is -0.840. The van der Waals surface area contributed by atoms with E-state index in [1.54, 1.807) is 24.3 Å². The van der Waals surface area contributed by atoms with Crippen molar-refractivity contribution in [1.29, 1.82) is 0 Å². The molecule has 0 bridgehead atoms. The Morgan fingerprint density at radius 3 is 2.57 bits per heavy atom. The zero-order chi connectivity index (χ0) is 20.5. The number of para-hydroxylation sites is 1. The molecule has 0 N–H and O–H groups in total. The second-order valence-electron chi connectivity index (χ2n) is 7.00. The quantitative estimate of drug-likeness (QED) is 0.264. The molecule has 0 saturated heterocycles. The van der Waals surface area contributed by atoms with Crippen LogP contribution in [0.3, 0.4) is 0 Å². The highest BCUT2D eigenvalue weighted by atomic mass is 16.6. The Kier molecular flexibility index (Phi) is 5.32. The molecule has 0 unspecified atom stereocenters. The third-order valence-electron chi connectivity index (χ3n) is 4.47. The number of ether oxygens (including phenoxy) is 1. The number of hydrogen-bond acceptors (Lipinski definition) is 7. The first kappa shape index (κ1) is 19.7. The van der Waals surface area contributed by atoms with Crippen LogP contribution in [0.25, 0.3) is 21.8 Å². The number of rotatable bonds is 7. The minimum absolute atomic E-state index is 0.0292. The molecule has 0 atom stereocenters. The number of nitrogens with zero attached hydrogens (tertiary/aromatic N) is 4. The van der Waals surface area contributed by atoms with Gasteiger partial charge in [0, 0.05) is 24.4 Å². The molecule has 0 fully saturated rings. The predicted octanol–water partition coefficient (Wildman–Crippen LogP) is 3.57. The number of pyridine rings is 1. The van der Waals surface area contributed by atoms with E-state index in [9.17, 15) is 20.5 Å². The van der Waals surface area contributed by atoms with Gasteiger partial charge in [-0.05, 0) is 12.1 Å². The summed E-state index contributed by atoms with van der Waals surface area (Å²) in [7, 11) is 4.45. The van der Waals surface area contributed by atoms with E-state index in [0.717, 1.165) is 0 Å². The van der Waals surface area contributed by atoms with Crippen molar-refractivity contribution in [3.63, 3.8) is 0 Å². The molecule has 0 aliphatic rings. The summed E-state index contributed by atoms with van der Waals surface area (Å²) in [6, 6.07) is 9.75. The number of hydroxylamine groups is 4. The van der Waals surface area contributed by atoms with Crippen LogP contribution in [0.4, 0.5) is 11.4 Å². The third-order valence-corrected chi connectivity index (χ3v) is 4.47. The highest BCUT2D eigenvalue weighted by Crippen LogP contribution is 2.42. The van der Waals surface area contributed by atoms with Crippen LogP contribution >= 0.6 is 0 Å². The first-order valence-electron chi connectivity index (χ1n) is 8.75. The molecule has 3 aromatic rings. The first-order chi connectivity index (χ1) is 13.2. The normalized spacial score (nSPS) is 11.8. The highest BCUT2D eigenvalue weighted by molar-refractivity contribution is 6.13. The van der Waals surface area contributed by atoms with Gasteiger partial charge in [0.2, 0.25) is 0 Å². The maximum atomic E-state index is 13.0. The van der Waals surface area contributed by atoms with Crippen LogP contribution in [0.1, 0.15) is 6.42 Å². The van der Waals surface area contributed by atoms with Gasteiger partial charge in [-0.15, -0.1) is 0 Å². The van der Waals surface area contributed by atoms with E-state index in [2.05, 4.69) is 4.98 Å². The molecule has 9 nitrogen and oxygen atoms in total. The molecule has 3 rings (SSSR count). The third kappa shape index (κ3) is 3.81. The number of benzene rings is 2. The Balaban J connectivity index is 2.25. The van der Waals surface area contributed by atoms with Crippen LogP contribution in [0.2, 0.25) is 0 Å². The standard InChI is InChI=1S/C19H21N4O5/c1-23(2,27)12-6-11-21(24)19-13-7-4-5-8-14(13)20-18-16(28-3)10-9-15(17(18)19)22(25)26/h4-5,7-10H,6,11-12H2,1-3H3/q-1. The SMILES string of the molecule is COc1ccc([N+](=O)[O-])c2c(N([O-])CCC[N+](C)(C)[O-])c3ccccc3nc12. The van der Waals surface area contributed by atoms with E-state index in [-0.39, 0.29) is 35.4 Å². The van der Waals surface area contributed by atoms with Crippen molar-refractivity contribution in [2.45, 2.75) is 6.42 Å². The molecule has 0 radical (unpaired) electrons. The van der Waals surface area contributed by atoms with E-state index < -0.39 is 9.57 Å². The summed E-state index contributed by atoms with van der Waals surface area (Å²) in [5.74, 6) is 0.346. The Bertz CT molecular complexity index is 1030. The monoisotopic (exact) mass is 385 g/mol. The average Bonchev–Trinajstić information content (AvgIpc) is 2.63. The van der Waals surface area contributed by atoms with Crippen molar-refractivity contribution in [3.8, 4) is 5.75 Å². The van der Waals surface area contributed by atoms with Gasteiger partial charge in [0.05, 0.1) is 43.9 Å². The molecular weight excluding hydrogens is 364 g/mol. The number of fused-ring (bicyclic) bond motifs is 2. The zero-order valence-corrected chi connectivity index (χ0v) is 15.9. The highest BCUT2D eigenvalue weighted by Gasteiger charge is 2.23. The lowest BCUT2D eigenvalue weighted by atomic mass is 10.0. The second kappa shape index (κ2) is 7.55. The maximum Gasteiger partial charge on any atom is 0.281 e. The van der Waals surface area contributed by atoms with Crippen LogP contribution in [-0.4, -0.2) is 48.8 Å². The van der Waals surface area contributed by atoms with Gasteiger partial charge in [0.25, 0.3) is 5.69 Å². The molecule has 0 amide bonds. The van der Waals surface area contributed by atoms with Gasteiger partial charge in [-0.1, -0.05) is 18.2 Å². The summed E-state index contributed by atoms with van der Waals surface area (Å²) in [6.45, 7) is 0.284. The smallest absolute Gasteiger partial charge is 0.281 e. The molecule has 0 spiro atoms. The van der Waals surface area contributed by atoms with E-state index in [0.29, 0.717) is 28.1 Å². The van der Waals surface area contributed by atoms with Gasteiger partial charge in [-0.3, -0.25) is 10.1 Å². The molecule has 2 aromatic carbocycles. The fourth-order valence-electron chi connectivity index (χ4n) is 3.22. The lowest BCUT2D eigenvalue weighted by Crippen LogP contribution is -2.35. The Hall–Kier alpha value is -3.01. The number of quaternary nitrogens is 1. The Morgan fingerprint density at radius 1 is 1.21 bits per heavy atom. The summed E-state index contributed by atoms with van der Waals surface area (Å²) in [5.41, 5.74) is 0.739. The van der Waals surface area contributed by atoms with Crippen LogP contribution in [0.5, 0.6) is 5.75 Å². The summed E-state index contributed by atoms with van der Waals surface area (Å²) in [4.78, 5) is 15.6. The summed E-state index contributed by atoms with van der Waals surface area (Å²) < 4.78 is 4.81. The number of hydrogen-bond donors (Lipinski definition) is 0. The molecule has 148 valence electrons. The van der Waals surface area contributed by atoms with E-state index in [1.807, 2.05) is 0 Å². The Morgan fingerprint density at radius 2 is 1.93 bits per heavy atom. The number of nitro groups is 1. The average molecular weight is 385 g/mol. The van der Waals surface area contributed by atoms with Crippen molar-refractivity contribution in [2.24, 2.45) is 0 Å². The van der Waals surface area contributed by atoms with Gasteiger partial charge in [0.1, 0.15) is 16.7 Å². The lowest BCUT2D eigenvalue weighted by Gasteiger charge is -2.37. The van der Waals surface area contributed by atoms with Crippen LogP contribution < -0.4 is 9.80 Å². The van der Waals surface area contributed by atoms with E-state index in [1.165, 1.54) is 33.3 Å². The first-order valence-corrected chi connectivity index (χ1v) is 8.75. The summed E-state index contributed by atoms with van der Waals surface area (Å²) in [5, 5.41) is 37.8. The van der Waals surface area contributed by atoms with E-state index >= 15 is 0 Å². The van der Waals surface area contributed by atoms with Gasteiger partial charge in [-0.2, -0.15) is 0 Å². The number of non-ortho nitro benzene ring substituents is 1. The summed E-state index contributed by atoms with van der Waals surface area (Å²) >= 11 is 0. The summed E-state index contributed by atoms with van der Waals surface area (Å²) in [6.07, 6.45) is 0.343. The molecule has 28 heavy (non-hydrogen) atoms. The molecule has 0 saturated carbocycles. The zero-order valence-electron chi connectivity index (χ0n) is 15.9. The topological polar surface area (TPSA) is 115 Å². The number of nitro benzene ring substituents is 1. The van der Waals surface area contributed by atoms with Gasteiger partial charge in [-0.25, -0.2) is 4.98 Å². The fourth-order valence-corrected chi connectivity index (χ4v) is 3.22. The van der Waals surface area contributed by atoms with Crippen LogP contribution in [0, 0.1) is 20.5 Å². The van der Waals surface area contributed by atoms with Crippen molar-refractivity contribution < 1.29 is 14.3 Å². The van der Waals surface area contributed by atoms with Crippen LogP contribution in [-0.2, 0) is 0 Å². The minimum Gasteiger partial charge on any atom is -0.758 e. The molecule has 9 heteroatoms. The molecule has 1 heterocycles. The number of methoxy groups -OCH3 is 1. The number of aromatic nitrogens is 1. The fraction of sp³-hybridized carbons (Fsp3) is 0.316. The van der Waals surface area contributed by atoms with Crippen molar-refractivity contribution in [2.75, 3.05) is 39.4 Å². The van der Waals surface area contributed by atoms with E-state index in [4.69, 9.17) is 4.74 Å².